The van der Waals surface area contributed by atoms with Crippen molar-refractivity contribution in [3.05, 3.63) is 11.2 Å². The number of methoxy groups -OCH3 is 1. The number of nitrogens with zero attached hydrogens (tertiary/aromatic N) is 2. The summed E-state index contributed by atoms with van der Waals surface area (Å²) in [5.41, 5.74) is 1.17. The number of thiazole rings is 1. The Morgan fingerprint density at radius 1 is 1.56 bits per heavy atom. The number of esters is 1. The molecule has 18 heavy (non-hydrogen) atoms. The summed E-state index contributed by atoms with van der Waals surface area (Å²) in [6, 6.07) is 0. The summed E-state index contributed by atoms with van der Waals surface area (Å²) in [5, 5.41) is 0. The third-order valence-electron chi connectivity index (χ3n) is 2.18. The molecule has 0 radical (unpaired) electrons. The largest absolute Gasteiger partial charge is 0.464 e. The number of hydrogen-bond donors (Lipinski definition) is 0. The summed E-state index contributed by atoms with van der Waals surface area (Å²) in [4.78, 5) is 15.2. The molecule has 0 amide bonds. The lowest BCUT2D eigenvalue weighted by atomic mass is 10.2. The van der Waals surface area contributed by atoms with Crippen molar-refractivity contribution in [1.82, 2.24) is 9.29 Å². The molecule has 0 saturated carbocycles. The number of hydrogen-bond acceptors (Lipinski definition) is 6. The normalized spacial score (nSPS) is 12.1. The topological polar surface area (TPSA) is 76.6 Å². The molecular formula is C10H16N2O4S2. The van der Waals surface area contributed by atoms with Crippen molar-refractivity contribution >= 4 is 27.3 Å². The fourth-order valence-corrected chi connectivity index (χ4v) is 4.06. The van der Waals surface area contributed by atoms with Crippen LogP contribution in [-0.2, 0) is 14.8 Å². The highest BCUT2D eigenvalue weighted by Crippen LogP contribution is 2.24. The molecule has 1 aromatic heterocycles. The Hall–Kier alpha value is -0.990. The summed E-state index contributed by atoms with van der Waals surface area (Å²) in [6.45, 7) is 4.21. The molecule has 1 rings (SSSR count). The second kappa shape index (κ2) is 5.77. The molecule has 0 aromatic carbocycles. The van der Waals surface area contributed by atoms with Crippen LogP contribution in [0.5, 0.6) is 0 Å². The minimum absolute atomic E-state index is 0.0718. The molecule has 0 fully saturated rings. The van der Waals surface area contributed by atoms with E-state index in [1.165, 1.54) is 24.0 Å². The molecule has 0 saturated heterocycles. The van der Waals surface area contributed by atoms with Crippen LogP contribution in [0.4, 0.5) is 0 Å². The van der Waals surface area contributed by atoms with E-state index in [0.29, 0.717) is 6.54 Å². The van der Waals surface area contributed by atoms with Crippen LogP contribution in [0.1, 0.15) is 24.3 Å². The van der Waals surface area contributed by atoms with Gasteiger partial charge in [0.1, 0.15) is 0 Å². The SMILES string of the molecule is COC(=O)c1ncsc1S(=O)(=O)N(C)CC(C)C. The van der Waals surface area contributed by atoms with E-state index >= 15 is 0 Å². The second-order valence-corrected chi connectivity index (χ2v) is 7.25. The monoisotopic (exact) mass is 292 g/mol. The van der Waals surface area contributed by atoms with Gasteiger partial charge >= 0.3 is 5.97 Å². The van der Waals surface area contributed by atoms with Gasteiger partial charge in [0.2, 0.25) is 0 Å². The van der Waals surface area contributed by atoms with Crippen LogP contribution >= 0.6 is 11.3 Å². The van der Waals surface area contributed by atoms with Gasteiger partial charge in [-0.25, -0.2) is 18.2 Å². The van der Waals surface area contributed by atoms with Crippen molar-refractivity contribution < 1.29 is 17.9 Å². The van der Waals surface area contributed by atoms with Crippen LogP contribution in [0.2, 0.25) is 0 Å². The molecule has 1 heterocycles. The fraction of sp³-hybridized carbons (Fsp3) is 0.600. The molecule has 8 heteroatoms. The molecule has 0 aliphatic heterocycles. The van der Waals surface area contributed by atoms with Crippen LogP contribution in [-0.4, -0.2) is 44.4 Å². The zero-order chi connectivity index (χ0) is 13.9. The van der Waals surface area contributed by atoms with Gasteiger partial charge in [0.15, 0.2) is 9.90 Å². The Morgan fingerprint density at radius 2 is 2.17 bits per heavy atom. The first-order valence-corrected chi connectivity index (χ1v) is 7.60. The smallest absolute Gasteiger partial charge is 0.358 e. The summed E-state index contributed by atoms with van der Waals surface area (Å²) < 4.78 is 30.2. The molecule has 0 unspecified atom stereocenters. The second-order valence-electron chi connectivity index (χ2n) is 4.16. The Morgan fingerprint density at radius 3 is 2.67 bits per heavy atom. The Balaban J connectivity index is 3.13. The molecule has 0 aliphatic carbocycles. The lowest BCUT2D eigenvalue weighted by molar-refractivity contribution is 0.0590. The maximum Gasteiger partial charge on any atom is 0.358 e. The van der Waals surface area contributed by atoms with Gasteiger partial charge in [0, 0.05) is 13.6 Å². The molecule has 0 atom stereocenters. The molecule has 0 aliphatic rings. The predicted octanol–water partition coefficient (Wildman–Crippen LogP) is 1.21. The lowest BCUT2D eigenvalue weighted by Gasteiger charge is -2.18. The maximum absolute atomic E-state index is 12.3. The van der Waals surface area contributed by atoms with Gasteiger partial charge in [0.25, 0.3) is 10.0 Å². The van der Waals surface area contributed by atoms with E-state index in [-0.39, 0.29) is 15.8 Å². The quantitative estimate of drug-likeness (QED) is 0.762. The average molecular weight is 292 g/mol. The molecule has 102 valence electrons. The molecule has 1 aromatic rings. The summed E-state index contributed by atoms with van der Waals surface area (Å²) >= 11 is 0.914. The van der Waals surface area contributed by atoms with E-state index in [1.807, 2.05) is 13.8 Å². The Labute approximate surface area is 111 Å². The summed E-state index contributed by atoms with van der Waals surface area (Å²) in [7, 11) is -1.02. The standard InChI is InChI=1S/C10H16N2O4S2/c1-7(2)5-12(3)18(14,15)10-8(9(13)16-4)11-6-17-10/h6-7H,5H2,1-4H3. The Kier molecular flexibility index (Phi) is 4.83. The molecule has 0 N–H and O–H groups in total. The summed E-state index contributed by atoms with van der Waals surface area (Å²) in [5.74, 6) is -0.549. The first kappa shape index (κ1) is 15.1. The maximum atomic E-state index is 12.3. The van der Waals surface area contributed by atoms with E-state index in [1.54, 1.807) is 0 Å². The van der Waals surface area contributed by atoms with Gasteiger partial charge in [0.05, 0.1) is 12.6 Å². The van der Waals surface area contributed by atoms with Crippen molar-refractivity contribution in [2.75, 3.05) is 20.7 Å². The van der Waals surface area contributed by atoms with Gasteiger partial charge < -0.3 is 4.74 Å². The number of aromatic nitrogens is 1. The van der Waals surface area contributed by atoms with Gasteiger partial charge in [-0.1, -0.05) is 13.8 Å². The fourth-order valence-electron chi connectivity index (χ4n) is 1.41. The van der Waals surface area contributed by atoms with Crippen molar-refractivity contribution in [1.29, 1.82) is 0 Å². The van der Waals surface area contributed by atoms with Crippen LogP contribution in [0.3, 0.4) is 0 Å². The van der Waals surface area contributed by atoms with Crippen molar-refractivity contribution in [2.45, 2.75) is 18.1 Å². The third-order valence-corrected chi connectivity index (χ3v) is 5.35. The van der Waals surface area contributed by atoms with Gasteiger partial charge in [-0.05, 0) is 5.92 Å². The Bertz CT molecular complexity index is 522. The van der Waals surface area contributed by atoms with E-state index in [0.717, 1.165) is 11.3 Å². The highest BCUT2D eigenvalue weighted by atomic mass is 32.2. The number of rotatable bonds is 5. The molecule has 6 nitrogen and oxygen atoms in total. The van der Waals surface area contributed by atoms with Crippen LogP contribution in [0.25, 0.3) is 0 Å². The first-order chi connectivity index (χ1) is 8.30. The van der Waals surface area contributed by atoms with Gasteiger partial charge in [-0.15, -0.1) is 11.3 Å². The highest BCUT2D eigenvalue weighted by Gasteiger charge is 2.30. The van der Waals surface area contributed by atoms with E-state index in [9.17, 15) is 13.2 Å². The van der Waals surface area contributed by atoms with E-state index in [2.05, 4.69) is 9.72 Å². The average Bonchev–Trinajstić information content (AvgIpc) is 2.76. The van der Waals surface area contributed by atoms with Crippen LogP contribution < -0.4 is 0 Å². The third kappa shape index (κ3) is 3.06. The van der Waals surface area contributed by atoms with E-state index in [4.69, 9.17) is 0 Å². The minimum Gasteiger partial charge on any atom is -0.464 e. The van der Waals surface area contributed by atoms with Crippen LogP contribution in [0.15, 0.2) is 9.72 Å². The van der Waals surface area contributed by atoms with E-state index < -0.39 is 16.0 Å². The van der Waals surface area contributed by atoms with Crippen LogP contribution in [0, 0.1) is 5.92 Å². The zero-order valence-electron chi connectivity index (χ0n) is 10.7. The lowest BCUT2D eigenvalue weighted by Crippen LogP contribution is -2.31. The van der Waals surface area contributed by atoms with Crippen molar-refractivity contribution in [2.24, 2.45) is 5.92 Å². The molecule has 0 spiro atoms. The number of sulfonamides is 1. The zero-order valence-corrected chi connectivity index (χ0v) is 12.3. The minimum atomic E-state index is -3.69. The predicted molar refractivity (Wildman–Crippen MR) is 68.1 cm³/mol. The van der Waals surface area contributed by atoms with Gasteiger partial charge in [-0.3, -0.25) is 0 Å². The first-order valence-electron chi connectivity index (χ1n) is 5.28. The van der Waals surface area contributed by atoms with Crippen molar-refractivity contribution in [3.63, 3.8) is 0 Å². The van der Waals surface area contributed by atoms with Gasteiger partial charge in [-0.2, -0.15) is 4.31 Å². The highest BCUT2D eigenvalue weighted by molar-refractivity contribution is 7.91. The number of ether oxygens (including phenoxy) is 1. The number of carbonyl (C=O) groups excluding carboxylic acids is 1. The number of carbonyl (C=O) groups is 1. The summed E-state index contributed by atoms with van der Waals surface area (Å²) in [6.07, 6.45) is 0. The molecule has 0 bridgehead atoms. The molecular weight excluding hydrogens is 276 g/mol. The van der Waals surface area contributed by atoms with Crippen molar-refractivity contribution in [3.8, 4) is 0 Å².